The zero-order valence-corrected chi connectivity index (χ0v) is 23.7. The molecule has 0 unspecified atom stereocenters. The van der Waals surface area contributed by atoms with Crippen LogP contribution in [0.3, 0.4) is 0 Å². The van der Waals surface area contributed by atoms with Gasteiger partial charge in [-0.25, -0.2) is 0 Å². The maximum Gasteiger partial charge on any atom is 0.264 e. The average Bonchev–Trinajstić information content (AvgIpc) is 3.21. The molecule has 0 aliphatic carbocycles. The predicted octanol–water partition coefficient (Wildman–Crippen LogP) is 4.45. The summed E-state index contributed by atoms with van der Waals surface area (Å²) in [5.41, 5.74) is 0.606. The Balaban J connectivity index is 1.68. The van der Waals surface area contributed by atoms with Crippen LogP contribution in [0, 0.1) is 9.49 Å². The molecule has 4 rings (SSSR count). The smallest absolute Gasteiger partial charge is 0.264 e. The topological polar surface area (TPSA) is 70.1 Å². The second-order valence-electron chi connectivity index (χ2n) is 10.0. The summed E-state index contributed by atoms with van der Waals surface area (Å²) in [6.07, 6.45) is -0.775. The molecule has 4 atom stereocenters. The normalized spacial score (nSPS) is 25.9. The fourth-order valence-electron chi connectivity index (χ4n) is 5.84. The number of benzene rings is 2. The summed E-state index contributed by atoms with van der Waals surface area (Å²) < 4.78 is 23.4. The van der Waals surface area contributed by atoms with E-state index in [4.69, 9.17) is 4.74 Å². The van der Waals surface area contributed by atoms with Gasteiger partial charge in [0.25, 0.3) is 5.91 Å². The Labute approximate surface area is 220 Å². The van der Waals surface area contributed by atoms with E-state index in [1.807, 2.05) is 55.5 Å². The van der Waals surface area contributed by atoms with Crippen molar-refractivity contribution in [3.8, 4) is 0 Å². The molecule has 2 aromatic carbocycles. The Bertz CT molecular complexity index is 1110. The summed E-state index contributed by atoms with van der Waals surface area (Å²) in [6, 6.07) is 15.3. The van der Waals surface area contributed by atoms with Gasteiger partial charge in [0.05, 0.1) is 24.8 Å². The first-order valence-corrected chi connectivity index (χ1v) is 15.9. The molecule has 1 saturated heterocycles. The van der Waals surface area contributed by atoms with Gasteiger partial charge in [0, 0.05) is 40.7 Å². The lowest BCUT2D eigenvalue weighted by molar-refractivity contribution is -0.149. The van der Waals surface area contributed by atoms with Crippen molar-refractivity contribution in [1.29, 1.82) is 0 Å². The Morgan fingerprint density at radius 2 is 1.94 bits per heavy atom. The molecule has 0 saturated carbocycles. The lowest BCUT2D eigenvalue weighted by Crippen LogP contribution is -2.44. The lowest BCUT2D eigenvalue weighted by atomic mass is 9.82. The maximum absolute atomic E-state index is 15.8. The second kappa shape index (κ2) is 9.91. The minimum atomic E-state index is -3.34. The monoisotopic (exact) mass is 610 g/mol. The highest BCUT2D eigenvalue weighted by molar-refractivity contribution is 14.1. The molecule has 0 aromatic heterocycles. The van der Waals surface area contributed by atoms with Crippen LogP contribution in [0.4, 0.5) is 9.80 Å². The van der Waals surface area contributed by atoms with E-state index >= 15 is 4.11 Å². The fourth-order valence-corrected chi connectivity index (χ4v) is 8.83. The number of amides is 2. The molecule has 2 aliphatic heterocycles. The average molecular weight is 611 g/mol. The van der Waals surface area contributed by atoms with Gasteiger partial charge < -0.3 is 23.8 Å². The second-order valence-corrected chi connectivity index (χ2v) is 15.1. The molecule has 35 heavy (non-hydrogen) atoms. The third kappa shape index (κ3) is 4.67. The Kier molecular flexibility index (Phi) is 7.43. The van der Waals surface area contributed by atoms with E-state index in [1.165, 1.54) is 0 Å². The molecule has 1 N–H and O–H groups in total. The number of hydrogen-bond acceptors (Lipinski definition) is 4. The first-order valence-electron chi connectivity index (χ1n) is 11.9. The van der Waals surface area contributed by atoms with Gasteiger partial charge in [-0.05, 0) is 59.4 Å². The molecule has 2 aliphatic rings. The first-order chi connectivity index (χ1) is 16.5. The maximum atomic E-state index is 15.8. The summed E-state index contributed by atoms with van der Waals surface area (Å²) in [5, 5.41) is 9.59. The van der Waals surface area contributed by atoms with Crippen molar-refractivity contribution in [1.82, 2.24) is 4.90 Å². The largest absolute Gasteiger partial charge is 0.395 e. The van der Waals surface area contributed by atoms with Gasteiger partial charge in [-0.15, -0.1) is 0 Å². The van der Waals surface area contributed by atoms with Gasteiger partial charge in [-0.3, -0.25) is 9.59 Å². The molecule has 0 radical (unpaired) electrons. The highest BCUT2D eigenvalue weighted by atomic mass is 127. The van der Waals surface area contributed by atoms with E-state index in [-0.39, 0.29) is 31.4 Å². The van der Waals surface area contributed by atoms with Crippen LogP contribution >= 0.6 is 22.6 Å². The molecule has 0 bridgehead atoms. The number of carbonyl (C=O) groups is 2. The molecular weight excluding hydrogens is 578 g/mol. The van der Waals surface area contributed by atoms with Crippen LogP contribution < -0.4 is 4.90 Å². The number of fused-ring (bicyclic) bond motifs is 2. The van der Waals surface area contributed by atoms with E-state index in [9.17, 15) is 14.7 Å². The van der Waals surface area contributed by atoms with Crippen molar-refractivity contribution in [3.05, 3.63) is 63.2 Å². The summed E-state index contributed by atoms with van der Waals surface area (Å²) in [6.45, 7) is 5.49. The highest BCUT2D eigenvalue weighted by Gasteiger charge is 2.66. The van der Waals surface area contributed by atoms with Gasteiger partial charge in [0.1, 0.15) is 0 Å². The summed E-state index contributed by atoms with van der Waals surface area (Å²) in [7, 11) is -1.63. The van der Waals surface area contributed by atoms with Gasteiger partial charge in [-0.1, -0.05) is 37.3 Å². The van der Waals surface area contributed by atoms with E-state index in [0.717, 1.165) is 20.4 Å². The third-order valence-corrected chi connectivity index (χ3v) is 10.5. The van der Waals surface area contributed by atoms with Crippen molar-refractivity contribution in [2.24, 2.45) is 5.92 Å². The predicted molar refractivity (Wildman–Crippen MR) is 144 cm³/mol. The zero-order chi connectivity index (χ0) is 25.5. The molecule has 1 spiro atoms. The lowest BCUT2D eigenvalue weighted by Gasteiger charge is -2.31. The van der Waals surface area contributed by atoms with E-state index < -0.39 is 31.6 Å². The Hall–Kier alpha value is -1.82. The number of ether oxygens (including phenoxy) is 1. The van der Waals surface area contributed by atoms with Crippen molar-refractivity contribution in [2.75, 3.05) is 25.1 Å². The highest BCUT2D eigenvalue weighted by Crippen LogP contribution is 2.60. The van der Waals surface area contributed by atoms with Crippen LogP contribution in [0.5, 0.6) is 0 Å². The molecule has 2 amide bonds. The first kappa shape index (κ1) is 26.2. The Morgan fingerprint density at radius 3 is 2.57 bits per heavy atom. The number of halogens is 2. The van der Waals surface area contributed by atoms with Crippen LogP contribution in [0.1, 0.15) is 24.5 Å². The minimum Gasteiger partial charge on any atom is -0.395 e. The van der Waals surface area contributed by atoms with Crippen LogP contribution in [0.15, 0.2) is 48.5 Å². The Morgan fingerprint density at radius 1 is 1.26 bits per heavy atom. The van der Waals surface area contributed by atoms with Crippen molar-refractivity contribution >= 4 is 48.5 Å². The molecule has 2 heterocycles. The van der Waals surface area contributed by atoms with Crippen molar-refractivity contribution < 1.29 is 23.5 Å². The molecule has 1 fully saturated rings. The molecule has 2 aromatic rings. The van der Waals surface area contributed by atoms with Gasteiger partial charge >= 0.3 is 0 Å². The van der Waals surface area contributed by atoms with Crippen LogP contribution in [-0.4, -0.2) is 56.5 Å². The van der Waals surface area contributed by atoms with Crippen molar-refractivity contribution in [2.45, 2.75) is 50.2 Å². The zero-order valence-electron chi connectivity index (χ0n) is 20.5. The van der Waals surface area contributed by atoms with Crippen LogP contribution in [0.2, 0.25) is 18.6 Å². The molecular formula is C26H32FIN2O4Si. The number of carbonyl (C=O) groups excluding carboxylic acids is 2. The number of hydrogen-bond donors (Lipinski definition) is 1. The van der Waals surface area contributed by atoms with Gasteiger partial charge in [-0.2, -0.15) is 0 Å². The number of likely N-dealkylation sites (N-methyl/N-ethyl adjacent to an activating group) is 1. The standard InChI is InChI=1S/C26H32FIN2O4Si/c1-17-24(35(3,4)27)22(15-23(32)30(12-13-31)16-18-8-6-5-7-9-18)34-26(17)20-14-19(28)10-11-21(20)29(2)25(26)33/h5-11,14,17,22,24,31H,12-13,15-16H2,1-4H3/t17-,22+,24-,26+/m0/s1. The van der Waals surface area contributed by atoms with E-state index in [1.54, 1.807) is 29.9 Å². The summed E-state index contributed by atoms with van der Waals surface area (Å²) in [4.78, 5) is 30.3. The fraction of sp³-hybridized carbons (Fsp3) is 0.462. The number of nitrogens with zero attached hydrogens (tertiary/aromatic N) is 2. The number of aliphatic hydroxyl groups excluding tert-OH is 1. The van der Waals surface area contributed by atoms with Gasteiger partial charge in [0.15, 0.2) is 5.60 Å². The number of rotatable bonds is 7. The molecule has 188 valence electrons. The minimum absolute atomic E-state index is 0.0415. The summed E-state index contributed by atoms with van der Waals surface area (Å²) in [5.74, 6) is -0.861. The van der Waals surface area contributed by atoms with E-state index in [0.29, 0.717) is 6.54 Å². The third-order valence-electron chi connectivity index (χ3n) is 7.37. The SMILES string of the molecule is C[C@H]1[C@H]([Si](C)(C)F)[C@@H](CC(=O)N(CCO)Cc2ccccc2)O[C@]12C(=O)N(C)c1ccc(I)cc12. The summed E-state index contributed by atoms with van der Waals surface area (Å²) >= 11 is 2.20. The van der Waals surface area contributed by atoms with E-state index in [2.05, 4.69) is 22.6 Å². The van der Waals surface area contributed by atoms with Crippen LogP contribution in [0.25, 0.3) is 0 Å². The molecule has 9 heteroatoms. The van der Waals surface area contributed by atoms with Crippen molar-refractivity contribution in [3.63, 3.8) is 0 Å². The molecule has 6 nitrogen and oxygen atoms in total. The number of aliphatic hydroxyl groups is 1. The van der Waals surface area contributed by atoms with Gasteiger partial charge in [0.2, 0.25) is 14.3 Å². The quantitative estimate of drug-likeness (QED) is 0.286. The number of anilines is 1. The van der Waals surface area contributed by atoms with Crippen LogP contribution in [-0.2, 0) is 26.5 Å².